The zero-order valence-electron chi connectivity index (χ0n) is 13.0. The molecule has 1 amide bonds. The van der Waals surface area contributed by atoms with Gasteiger partial charge in [0.25, 0.3) is 0 Å². The Bertz CT molecular complexity index is 521. The zero-order valence-corrected chi connectivity index (χ0v) is 13.0. The normalized spacial score (nSPS) is 24.3. The van der Waals surface area contributed by atoms with Gasteiger partial charge in [-0.25, -0.2) is 0 Å². The van der Waals surface area contributed by atoms with Gasteiger partial charge in [-0.2, -0.15) is 13.2 Å². The first-order valence-electron chi connectivity index (χ1n) is 8.17. The topological polar surface area (TPSA) is 39.3 Å². The van der Waals surface area contributed by atoms with Crippen molar-refractivity contribution in [3.8, 4) is 0 Å². The molecule has 128 valence electrons. The Hall–Kier alpha value is -1.50. The van der Waals surface area contributed by atoms with Crippen LogP contribution < -0.4 is 0 Å². The lowest BCUT2D eigenvalue weighted by Crippen LogP contribution is -2.44. The summed E-state index contributed by atoms with van der Waals surface area (Å²) in [5.41, 5.74) is 1.05. The van der Waals surface area contributed by atoms with Crippen LogP contribution in [0.25, 0.3) is 0 Å². The van der Waals surface area contributed by atoms with E-state index in [9.17, 15) is 18.0 Å². The molecule has 3 heterocycles. The first-order chi connectivity index (χ1) is 10.9. The molecule has 23 heavy (non-hydrogen) atoms. The number of nitrogens with zero attached hydrogens (tertiary/aromatic N) is 2. The molecule has 2 aliphatic rings. The largest absolute Gasteiger partial charge is 0.401 e. The molecule has 0 radical (unpaired) electrons. The van der Waals surface area contributed by atoms with Crippen molar-refractivity contribution in [3.05, 3.63) is 24.0 Å². The monoisotopic (exact) mass is 329 g/mol. The number of nitrogens with one attached hydrogen (secondary N) is 1. The fraction of sp³-hybridized carbons (Fsp3) is 0.688. The predicted molar refractivity (Wildman–Crippen MR) is 79.7 cm³/mol. The third-order valence-electron chi connectivity index (χ3n) is 4.86. The molecule has 0 spiro atoms. The highest BCUT2D eigenvalue weighted by Gasteiger charge is 2.37. The molecule has 0 aliphatic carbocycles. The van der Waals surface area contributed by atoms with Gasteiger partial charge in [-0.15, -0.1) is 0 Å². The number of rotatable bonds is 3. The van der Waals surface area contributed by atoms with Crippen molar-refractivity contribution in [3.63, 3.8) is 0 Å². The van der Waals surface area contributed by atoms with Crippen molar-refractivity contribution >= 4 is 5.91 Å². The van der Waals surface area contributed by atoms with E-state index < -0.39 is 12.7 Å². The maximum Gasteiger partial charge on any atom is 0.401 e. The lowest BCUT2D eigenvalue weighted by atomic mass is 9.94. The third kappa shape index (κ3) is 3.88. The lowest BCUT2D eigenvalue weighted by Gasteiger charge is -2.35. The molecule has 2 fully saturated rings. The number of piperidine rings is 1. The van der Waals surface area contributed by atoms with Crippen molar-refractivity contribution in [1.82, 2.24) is 14.8 Å². The van der Waals surface area contributed by atoms with E-state index in [-0.39, 0.29) is 17.9 Å². The standard InChI is InChI=1S/C16H22F3N3O/c17-16(18,19)11-21-9-5-12(6-10-21)15(23)22-8-2-4-14(22)13-3-1-7-20-13/h1,3,7,12,14,20H,2,4-6,8-11H2/t14-/m0/s1. The van der Waals surface area contributed by atoms with Crippen LogP contribution in [-0.4, -0.2) is 53.0 Å². The summed E-state index contributed by atoms with van der Waals surface area (Å²) in [4.78, 5) is 19.3. The number of carbonyl (C=O) groups excluding carboxylic acids is 1. The number of likely N-dealkylation sites (tertiary alicyclic amines) is 2. The number of amides is 1. The third-order valence-corrected chi connectivity index (χ3v) is 4.86. The van der Waals surface area contributed by atoms with Crippen LogP contribution in [0.5, 0.6) is 0 Å². The smallest absolute Gasteiger partial charge is 0.363 e. The molecule has 1 aromatic heterocycles. The average molecular weight is 329 g/mol. The Balaban J connectivity index is 1.57. The molecule has 7 heteroatoms. The van der Waals surface area contributed by atoms with Crippen molar-refractivity contribution in [2.45, 2.75) is 37.9 Å². The highest BCUT2D eigenvalue weighted by molar-refractivity contribution is 5.79. The number of alkyl halides is 3. The number of aromatic amines is 1. The highest BCUT2D eigenvalue weighted by Crippen LogP contribution is 2.34. The summed E-state index contributed by atoms with van der Waals surface area (Å²) in [6, 6.07) is 4.00. The van der Waals surface area contributed by atoms with Crippen LogP contribution in [0.3, 0.4) is 0 Å². The Morgan fingerprint density at radius 1 is 1.22 bits per heavy atom. The van der Waals surface area contributed by atoms with E-state index in [1.54, 1.807) is 0 Å². The van der Waals surface area contributed by atoms with E-state index in [2.05, 4.69) is 4.98 Å². The highest BCUT2D eigenvalue weighted by atomic mass is 19.4. The SMILES string of the molecule is O=C(C1CCN(CC(F)(F)F)CC1)N1CCC[C@H]1c1ccc[nH]1. The van der Waals surface area contributed by atoms with E-state index in [0.717, 1.165) is 25.1 Å². The minimum atomic E-state index is -4.16. The van der Waals surface area contributed by atoms with Gasteiger partial charge in [0.15, 0.2) is 0 Å². The van der Waals surface area contributed by atoms with Gasteiger partial charge in [0.05, 0.1) is 12.6 Å². The maximum absolute atomic E-state index is 12.8. The van der Waals surface area contributed by atoms with Crippen LogP contribution >= 0.6 is 0 Å². The molecule has 3 rings (SSSR count). The van der Waals surface area contributed by atoms with Crippen LogP contribution in [0, 0.1) is 5.92 Å². The second-order valence-corrected chi connectivity index (χ2v) is 6.48. The van der Waals surface area contributed by atoms with Gasteiger partial charge < -0.3 is 9.88 Å². The summed E-state index contributed by atoms with van der Waals surface area (Å²) in [5.74, 6) is -0.0381. The predicted octanol–water partition coefficient (Wildman–Crippen LogP) is 2.95. The van der Waals surface area contributed by atoms with Gasteiger partial charge >= 0.3 is 6.18 Å². The molecular weight excluding hydrogens is 307 g/mol. The molecule has 1 atom stereocenters. The number of carbonyl (C=O) groups is 1. The average Bonchev–Trinajstić information content (AvgIpc) is 3.16. The summed E-state index contributed by atoms with van der Waals surface area (Å²) in [7, 11) is 0. The molecule has 0 bridgehead atoms. The van der Waals surface area contributed by atoms with E-state index in [4.69, 9.17) is 0 Å². The molecule has 4 nitrogen and oxygen atoms in total. The Morgan fingerprint density at radius 3 is 2.57 bits per heavy atom. The van der Waals surface area contributed by atoms with Gasteiger partial charge in [0.2, 0.25) is 5.91 Å². The summed E-state index contributed by atoms with van der Waals surface area (Å²) in [6.07, 6.45) is 0.643. The Morgan fingerprint density at radius 2 is 1.96 bits per heavy atom. The lowest BCUT2D eigenvalue weighted by molar-refractivity contribution is -0.151. The van der Waals surface area contributed by atoms with E-state index >= 15 is 0 Å². The first-order valence-corrected chi connectivity index (χ1v) is 8.17. The Labute approximate surface area is 133 Å². The second-order valence-electron chi connectivity index (χ2n) is 6.48. The maximum atomic E-state index is 12.8. The fourth-order valence-corrected chi connectivity index (χ4v) is 3.73. The molecule has 0 saturated carbocycles. The van der Waals surface area contributed by atoms with Gasteiger partial charge in [0, 0.05) is 24.4 Å². The zero-order chi connectivity index (χ0) is 16.4. The quantitative estimate of drug-likeness (QED) is 0.926. The number of H-pyrrole nitrogens is 1. The van der Waals surface area contributed by atoms with Gasteiger partial charge in [-0.3, -0.25) is 9.69 Å². The van der Waals surface area contributed by atoms with Crippen molar-refractivity contribution in [1.29, 1.82) is 0 Å². The van der Waals surface area contributed by atoms with Crippen LogP contribution in [0.2, 0.25) is 0 Å². The van der Waals surface area contributed by atoms with Crippen LogP contribution in [0.4, 0.5) is 13.2 Å². The summed E-state index contributed by atoms with van der Waals surface area (Å²) in [6.45, 7) is 0.557. The van der Waals surface area contributed by atoms with Crippen molar-refractivity contribution in [2.75, 3.05) is 26.2 Å². The second kappa shape index (κ2) is 6.55. The summed E-state index contributed by atoms with van der Waals surface area (Å²) < 4.78 is 37.3. The fourth-order valence-electron chi connectivity index (χ4n) is 3.73. The molecule has 2 aliphatic heterocycles. The van der Waals surface area contributed by atoms with Crippen LogP contribution in [0.15, 0.2) is 18.3 Å². The van der Waals surface area contributed by atoms with Gasteiger partial charge in [-0.05, 0) is 50.9 Å². The first kappa shape index (κ1) is 16.4. The van der Waals surface area contributed by atoms with Crippen molar-refractivity contribution < 1.29 is 18.0 Å². The Kier molecular flexibility index (Phi) is 4.66. The summed E-state index contributed by atoms with van der Waals surface area (Å²) in [5, 5.41) is 0. The van der Waals surface area contributed by atoms with Crippen molar-refractivity contribution in [2.24, 2.45) is 5.92 Å². The van der Waals surface area contributed by atoms with E-state index in [1.165, 1.54) is 4.90 Å². The summed E-state index contributed by atoms with van der Waals surface area (Å²) >= 11 is 0. The molecule has 2 saturated heterocycles. The number of hydrogen-bond acceptors (Lipinski definition) is 2. The number of aromatic nitrogens is 1. The molecule has 0 unspecified atom stereocenters. The van der Waals surface area contributed by atoms with Gasteiger partial charge in [-0.1, -0.05) is 0 Å². The molecule has 0 aromatic carbocycles. The minimum Gasteiger partial charge on any atom is -0.363 e. The number of halogens is 3. The van der Waals surface area contributed by atoms with Crippen LogP contribution in [-0.2, 0) is 4.79 Å². The molecular formula is C16H22F3N3O. The van der Waals surface area contributed by atoms with E-state index in [0.29, 0.717) is 25.9 Å². The van der Waals surface area contributed by atoms with E-state index in [1.807, 2.05) is 23.2 Å². The number of hydrogen-bond donors (Lipinski definition) is 1. The van der Waals surface area contributed by atoms with Gasteiger partial charge in [0.1, 0.15) is 0 Å². The minimum absolute atomic E-state index is 0.0886. The van der Waals surface area contributed by atoms with Crippen LogP contribution in [0.1, 0.15) is 37.4 Å². The molecule has 1 aromatic rings. The molecule has 1 N–H and O–H groups in total.